The number of carbonyl (C=O) groups is 1. The van der Waals surface area contributed by atoms with Gasteiger partial charge >= 0.3 is 5.97 Å². The van der Waals surface area contributed by atoms with Crippen molar-refractivity contribution in [3.8, 4) is 11.1 Å². The minimum atomic E-state index is -0.246. The van der Waals surface area contributed by atoms with Crippen molar-refractivity contribution in [2.45, 2.75) is 40.0 Å². The number of ether oxygens (including phenoxy) is 1. The Kier molecular flexibility index (Phi) is 7.88. The Labute approximate surface area is 157 Å². The topological polar surface area (TPSA) is 26.3 Å². The lowest BCUT2D eigenvalue weighted by Gasteiger charge is -2.08. The van der Waals surface area contributed by atoms with Crippen molar-refractivity contribution in [3.63, 3.8) is 0 Å². The van der Waals surface area contributed by atoms with E-state index in [1.807, 2.05) is 13.0 Å². The maximum atomic E-state index is 11.8. The zero-order valence-electron chi connectivity index (χ0n) is 16.0. The second-order valence-electron chi connectivity index (χ2n) is 6.60. The summed E-state index contributed by atoms with van der Waals surface area (Å²) in [7, 11) is 0. The highest BCUT2D eigenvalue weighted by Crippen LogP contribution is 2.21. The van der Waals surface area contributed by atoms with Gasteiger partial charge in [0.05, 0.1) is 6.61 Å². The molecule has 0 unspecified atom stereocenters. The van der Waals surface area contributed by atoms with Crippen LogP contribution in [0.5, 0.6) is 0 Å². The zero-order valence-corrected chi connectivity index (χ0v) is 16.0. The van der Waals surface area contributed by atoms with E-state index in [4.69, 9.17) is 4.74 Å². The second kappa shape index (κ2) is 10.4. The first-order valence-electron chi connectivity index (χ1n) is 9.22. The summed E-state index contributed by atoms with van der Waals surface area (Å²) in [6, 6.07) is 19.0. The predicted octanol–water partition coefficient (Wildman–Crippen LogP) is 6.13. The SMILES string of the molecule is CCOC(=O)C=C(CC=C(C)C)CCc1ccc(-c2ccccc2)cc1. The van der Waals surface area contributed by atoms with Crippen molar-refractivity contribution < 1.29 is 9.53 Å². The molecule has 2 heteroatoms. The summed E-state index contributed by atoms with van der Waals surface area (Å²) < 4.78 is 5.06. The molecule has 2 nitrogen and oxygen atoms in total. The minimum absolute atomic E-state index is 0.246. The lowest BCUT2D eigenvalue weighted by atomic mass is 9.98. The van der Waals surface area contributed by atoms with Crippen LogP contribution in [0, 0.1) is 0 Å². The molecule has 0 aromatic heterocycles. The van der Waals surface area contributed by atoms with E-state index in [9.17, 15) is 4.79 Å². The summed E-state index contributed by atoms with van der Waals surface area (Å²) in [5.74, 6) is -0.246. The molecule has 0 saturated heterocycles. The highest BCUT2D eigenvalue weighted by molar-refractivity contribution is 5.82. The van der Waals surface area contributed by atoms with E-state index in [1.54, 1.807) is 6.08 Å². The van der Waals surface area contributed by atoms with Crippen molar-refractivity contribution in [2.75, 3.05) is 6.61 Å². The Hall–Kier alpha value is -2.61. The van der Waals surface area contributed by atoms with Gasteiger partial charge in [-0.3, -0.25) is 0 Å². The largest absolute Gasteiger partial charge is 0.463 e. The van der Waals surface area contributed by atoms with Crippen molar-refractivity contribution in [1.82, 2.24) is 0 Å². The van der Waals surface area contributed by atoms with Crippen LogP contribution < -0.4 is 0 Å². The lowest BCUT2D eigenvalue weighted by Crippen LogP contribution is -2.02. The number of rotatable bonds is 8. The predicted molar refractivity (Wildman–Crippen MR) is 109 cm³/mol. The molecule has 0 heterocycles. The molecular weight excluding hydrogens is 320 g/mol. The molecule has 0 fully saturated rings. The van der Waals surface area contributed by atoms with Gasteiger partial charge in [0.15, 0.2) is 0 Å². The monoisotopic (exact) mass is 348 g/mol. The van der Waals surface area contributed by atoms with E-state index in [0.29, 0.717) is 6.61 Å². The molecule has 0 radical (unpaired) electrons. The van der Waals surface area contributed by atoms with Crippen LogP contribution >= 0.6 is 0 Å². The van der Waals surface area contributed by atoms with Crippen LogP contribution in [0.2, 0.25) is 0 Å². The number of hydrogen-bond acceptors (Lipinski definition) is 2. The van der Waals surface area contributed by atoms with Gasteiger partial charge in [0.25, 0.3) is 0 Å². The molecule has 0 amide bonds. The molecule has 26 heavy (non-hydrogen) atoms. The maximum absolute atomic E-state index is 11.8. The molecule has 0 spiro atoms. The van der Waals surface area contributed by atoms with Gasteiger partial charge in [0.1, 0.15) is 0 Å². The van der Waals surface area contributed by atoms with Crippen molar-refractivity contribution in [1.29, 1.82) is 0 Å². The molecule has 2 aromatic carbocycles. The average molecular weight is 348 g/mol. The summed E-state index contributed by atoms with van der Waals surface area (Å²) in [6.07, 6.45) is 6.37. The third-order valence-electron chi connectivity index (χ3n) is 4.18. The number of aryl methyl sites for hydroxylation is 1. The van der Waals surface area contributed by atoms with Crippen LogP contribution in [0.3, 0.4) is 0 Å². The quantitative estimate of drug-likeness (QED) is 0.326. The third kappa shape index (κ3) is 6.72. The third-order valence-corrected chi connectivity index (χ3v) is 4.18. The number of benzene rings is 2. The van der Waals surface area contributed by atoms with E-state index >= 15 is 0 Å². The van der Waals surface area contributed by atoms with Gasteiger partial charge in [0, 0.05) is 6.08 Å². The van der Waals surface area contributed by atoms with Crippen LogP contribution in [0.25, 0.3) is 11.1 Å². The van der Waals surface area contributed by atoms with E-state index in [2.05, 4.69) is 68.5 Å². The molecule has 0 N–H and O–H groups in total. The van der Waals surface area contributed by atoms with Gasteiger partial charge in [-0.05, 0) is 56.7 Å². The minimum Gasteiger partial charge on any atom is -0.463 e. The van der Waals surface area contributed by atoms with Crippen LogP contribution in [0.15, 0.2) is 77.9 Å². The van der Waals surface area contributed by atoms with Crippen LogP contribution in [-0.2, 0) is 16.0 Å². The first-order valence-corrected chi connectivity index (χ1v) is 9.22. The average Bonchev–Trinajstić information content (AvgIpc) is 2.65. The molecule has 2 aromatic rings. The molecule has 0 atom stereocenters. The second-order valence-corrected chi connectivity index (χ2v) is 6.60. The molecular formula is C24H28O2. The van der Waals surface area contributed by atoms with Crippen LogP contribution in [-0.4, -0.2) is 12.6 Å². The molecule has 0 aliphatic rings. The summed E-state index contributed by atoms with van der Waals surface area (Å²) in [6.45, 7) is 6.39. The van der Waals surface area contributed by atoms with Crippen LogP contribution in [0.4, 0.5) is 0 Å². The van der Waals surface area contributed by atoms with Crippen LogP contribution in [0.1, 0.15) is 39.2 Å². The maximum Gasteiger partial charge on any atom is 0.330 e. The van der Waals surface area contributed by atoms with Gasteiger partial charge in [-0.1, -0.05) is 71.8 Å². The molecule has 2 rings (SSSR count). The number of esters is 1. The molecule has 0 aliphatic carbocycles. The fourth-order valence-corrected chi connectivity index (χ4v) is 2.72. The number of hydrogen-bond donors (Lipinski definition) is 0. The zero-order chi connectivity index (χ0) is 18.8. The van der Waals surface area contributed by atoms with E-state index in [-0.39, 0.29) is 5.97 Å². The lowest BCUT2D eigenvalue weighted by molar-refractivity contribution is -0.137. The Morgan fingerprint density at radius 1 is 0.962 bits per heavy atom. The number of carbonyl (C=O) groups excluding carboxylic acids is 1. The smallest absolute Gasteiger partial charge is 0.330 e. The van der Waals surface area contributed by atoms with Gasteiger partial charge in [-0.2, -0.15) is 0 Å². The highest BCUT2D eigenvalue weighted by atomic mass is 16.5. The van der Waals surface area contributed by atoms with E-state index < -0.39 is 0 Å². The Morgan fingerprint density at radius 3 is 2.23 bits per heavy atom. The fourth-order valence-electron chi connectivity index (χ4n) is 2.72. The summed E-state index contributed by atoms with van der Waals surface area (Å²) in [4.78, 5) is 11.8. The van der Waals surface area contributed by atoms with Crippen molar-refractivity contribution >= 4 is 5.97 Å². The molecule has 0 aliphatic heterocycles. The standard InChI is InChI=1S/C24H28O2/c1-4-26-24(25)18-21(11-10-19(2)3)13-12-20-14-16-23(17-15-20)22-8-6-5-7-9-22/h5-10,14-18H,4,11-13H2,1-3H3. The van der Waals surface area contributed by atoms with Gasteiger partial charge in [-0.15, -0.1) is 0 Å². The Balaban J connectivity index is 2.03. The fraction of sp³-hybridized carbons (Fsp3) is 0.292. The summed E-state index contributed by atoms with van der Waals surface area (Å²) >= 11 is 0. The first kappa shape index (κ1) is 19.7. The summed E-state index contributed by atoms with van der Waals surface area (Å²) in [5, 5.41) is 0. The van der Waals surface area contributed by atoms with E-state index in [0.717, 1.165) is 24.8 Å². The summed E-state index contributed by atoms with van der Waals surface area (Å²) in [5.41, 5.74) is 6.09. The highest BCUT2D eigenvalue weighted by Gasteiger charge is 2.04. The van der Waals surface area contributed by atoms with Gasteiger partial charge in [-0.25, -0.2) is 4.79 Å². The van der Waals surface area contributed by atoms with E-state index in [1.165, 1.54) is 22.3 Å². The van der Waals surface area contributed by atoms with Gasteiger partial charge < -0.3 is 4.74 Å². The normalized spacial score (nSPS) is 11.1. The molecule has 0 saturated carbocycles. The first-order chi connectivity index (χ1) is 12.6. The Morgan fingerprint density at radius 2 is 1.62 bits per heavy atom. The Bertz CT molecular complexity index is 749. The number of allylic oxidation sites excluding steroid dienone is 3. The van der Waals surface area contributed by atoms with Gasteiger partial charge in [0.2, 0.25) is 0 Å². The molecule has 0 bridgehead atoms. The van der Waals surface area contributed by atoms with Crippen molar-refractivity contribution in [2.24, 2.45) is 0 Å². The van der Waals surface area contributed by atoms with Crippen molar-refractivity contribution in [3.05, 3.63) is 83.5 Å². The molecule has 136 valence electrons.